The second kappa shape index (κ2) is 9.43. The second-order valence-electron chi connectivity index (χ2n) is 6.75. The molecule has 3 rings (SSSR count). The fraction of sp³-hybridized carbons (Fsp3) is 0.250. The first-order valence-corrected chi connectivity index (χ1v) is 10.4. The summed E-state index contributed by atoms with van der Waals surface area (Å²) in [4.78, 5) is 17.7. The minimum atomic E-state index is -0.450. The van der Waals surface area contributed by atoms with Gasteiger partial charge in [0.25, 0.3) is 0 Å². The summed E-state index contributed by atoms with van der Waals surface area (Å²) in [6.07, 6.45) is 3.17. The van der Waals surface area contributed by atoms with Crippen LogP contribution in [0.5, 0.6) is 0 Å². The van der Waals surface area contributed by atoms with Crippen LogP contribution in [-0.2, 0) is 9.53 Å². The zero-order chi connectivity index (χ0) is 21.0. The summed E-state index contributed by atoms with van der Waals surface area (Å²) in [5.41, 5.74) is 4.13. The number of nitrogens with zero attached hydrogens (tertiary/aromatic N) is 1. The van der Waals surface area contributed by atoms with Crippen molar-refractivity contribution in [3.63, 3.8) is 0 Å². The fourth-order valence-corrected chi connectivity index (χ4v) is 3.91. The summed E-state index contributed by atoms with van der Waals surface area (Å²) in [5, 5.41) is 2.13. The van der Waals surface area contributed by atoms with E-state index < -0.39 is 5.92 Å². The molecule has 1 aromatic heterocycles. The Balaban J connectivity index is 2.42. The molecule has 0 aliphatic rings. The van der Waals surface area contributed by atoms with Gasteiger partial charge in [-0.05, 0) is 60.9 Å². The van der Waals surface area contributed by atoms with E-state index in [0.29, 0.717) is 28.8 Å². The van der Waals surface area contributed by atoms with Gasteiger partial charge in [0, 0.05) is 21.0 Å². The van der Waals surface area contributed by atoms with E-state index in [-0.39, 0.29) is 5.97 Å². The summed E-state index contributed by atoms with van der Waals surface area (Å²) < 4.78 is 5.41. The molecule has 0 amide bonds. The van der Waals surface area contributed by atoms with Gasteiger partial charge in [-0.25, -0.2) is 4.98 Å². The topological polar surface area (TPSA) is 39.2 Å². The van der Waals surface area contributed by atoms with E-state index >= 15 is 0 Å². The molecule has 0 spiro atoms. The van der Waals surface area contributed by atoms with Crippen molar-refractivity contribution in [1.82, 2.24) is 4.98 Å². The van der Waals surface area contributed by atoms with Crippen LogP contribution in [0.3, 0.4) is 0 Å². The lowest BCUT2D eigenvalue weighted by Crippen LogP contribution is -2.18. The molecule has 0 bridgehead atoms. The zero-order valence-corrected chi connectivity index (χ0v) is 18.1. The predicted octanol–water partition coefficient (Wildman–Crippen LogP) is 7.30. The molecule has 5 heteroatoms. The third-order valence-corrected chi connectivity index (χ3v) is 5.32. The molecule has 0 fully saturated rings. The largest absolute Gasteiger partial charge is 0.466 e. The molecule has 3 nitrogen and oxygen atoms in total. The van der Waals surface area contributed by atoms with Gasteiger partial charge in [-0.1, -0.05) is 55.3 Å². The fourth-order valence-electron chi connectivity index (χ4n) is 3.62. The van der Waals surface area contributed by atoms with Crippen molar-refractivity contribution < 1.29 is 9.53 Å². The maximum absolute atomic E-state index is 12.9. The van der Waals surface area contributed by atoms with Crippen LogP contribution >= 0.6 is 23.2 Å². The van der Waals surface area contributed by atoms with Crippen LogP contribution in [-0.4, -0.2) is 17.6 Å². The number of hydrogen-bond donors (Lipinski definition) is 0. The standard InChI is InChI=1S/C24H23Cl2NO2/c1-4-7-18(24(28)29-6-3)23-20(5-2)27-21-13-12-17(26)14-19(21)22(23)15-8-10-16(25)11-9-15/h5,8-14,18H,2,4,6-7H2,1,3H3. The number of carbonyl (C=O) groups excluding carboxylic acids is 1. The van der Waals surface area contributed by atoms with Crippen molar-refractivity contribution in [2.24, 2.45) is 0 Å². The van der Waals surface area contributed by atoms with Gasteiger partial charge in [-0.3, -0.25) is 4.79 Å². The molecule has 0 N–H and O–H groups in total. The second-order valence-corrected chi connectivity index (χ2v) is 7.62. The lowest BCUT2D eigenvalue weighted by atomic mass is 9.84. The molecule has 1 unspecified atom stereocenters. The molecule has 29 heavy (non-hydrogen) atoms. The highest BCUT2D eigenvalue weighted by Crippen LogP contribution is 2.41. The van der Waals surface area contributed by atoms with Gasteiger partial charge in [0.15, 0.2) is 0 Å². The highest BCUT2D eigenvalue weighted by molar-refractivity contribution is 6.31. The number of halogens is 2. The SMILES string of the molecule is C=Cc1nc2ccc(Cl)cc2c(-c2ccc(Cl)cc2)c1C(CCC)C(=O)OCC. The Morgan fingerprint density at radius 2 is 1.83 bits per heavy atom. The number of pyridine rings is 1. The zero-order valence-electron chi connectivity index (χ0n) is 16.5. The monoisotopic (exact) mass is 427 g/mol. The first-order chi connectivity index (χ1) is 14.0. The van der Waals surface area contributed by atoms with Crippen LogP contribution in [0.4, 0.5) is 0 Å². The number of carbonyl (C=O) groups is 1. The number of ether oxygens (including phenoxy) is 1. The van der Waals surface area contributed by atoms with Crippen LogP contribution in [0.2, 0.25) is 10.0 Å². The number of aromatic nitrogens is 1. The average Bonchev–Trinajstić information content (AvgIpc) is 2.71. The quantitative estimate of drug-likeness (QED) is 0.371. The summed E-state index contributed by atoms with van der Waals surface area (Å²) >= 11 is 12.4. The minimum absolute atomic E-state index is 0.254. The summed E-state index contributed by atoms with van der Waals surface area (Å²) in [6.45, 7) is 8.14. The highest BCUT2D eigenvalue weighted by Gasteiger charge is 2.29. The van der Waals surface area contributed by atoms with E-state index in [0.717, 1.165) is 34.0 Å². The van der Waals surface area contributed by atoms with Gasteiger partial charge in [0.05, 0.1) is 23.7 Å². The summed E-state index contributed by atoms with van der Waals surface area (Å²) in [5.74, 6) is -0.703. The van der Waals surface area contributed by atoms with Gasteiger partial charge in [0.2, 0.25) is 0 Å². The normalized spacial score (nSPS) is 12.0. The van der Waals surface area contributed by atoms with E-state index in [9.17, 15) is 4.79 Å². The van der Waals surface area contributed by atoms with Crippen molar-refractivity contribution in [2.45, 2.75) is 32.6 Å². The smallest absolute Gasteiger partial charge is 0.313 e. The van der Waals surface area contributed by atoms with Gasteiger partial charge in [-0.15, -0.1) is 0 Å². The minimum Gasteiger partial charge on any atom is -0.466 e. The first kappa shape index (κ1) is 21.4. The van der Waals surface area contributed by atoms with Crippen molar-refractivity contribution in [3.05, 3.63) is 70.3 Å². The van der Waals surface area contributed by atoms with E-state index in [4.69, 9.17) is 32.9 Å². The third-order valence-electron chi connectivity index (χ3n) is 4.84. The Kier molecular flexibility index (Phi) is 6.94. The molecular formula is C24H23Cl2NO2. The number of benzene rings is 2. The molecule has 0 saturated heterocycles. The maximum atomic E-state index is 12.9. The molecule has 1 atom stereocenters. The molecule has 0 radical (unpaired) electrons. The van der Waals surface area contributed by atoms with E-state index in [1.165, 1.54) is 0 Å². The third kappa shape index (κ3) is 4.47. The lowest BCUT2D eigenvalue weighted by molar-refractivity contribution is -0.145. The number of hydrogen-bond acceptors (Lipinski definition) is 3. The summed E-state index contributed by atoms with van der Waals surface area (Å²) in [6, 6.07) is 13.1. The molecule has 150 valence electrons. The molecule has 2 aromatic carbocycles. The number of fused-ring (bicyclic) bond motifs is 1. The first-order valence-electron chi connectivity index (χ1n) is 9.68. The Morgan fingerprint density at radius 1 is 1.14 bits per heavy atom. The number of esters is 1. The summed E-state index contributed by atoms with van der Waals surface area (Å²) in [7, 11) is 0. The molecule has 0 aliphatic carbocycles. The van der Waals surface area contributed by atoms with E-state index in [1.807, 2.05) is 56.3 Å². The molecule has 0 aliphatic heterocycles. The lowest BCUT2D eigenvalue weighted by Gasteiger charge is -2.23. The van der Waals surface area contributed by atoms with Crippen LogP contribution in [0.1, 0.15) is 43.9 Å². The Labute approximate surface area is 181 Å². The molecule has 0 saturated carbocycles. The van der Waals surface area contributed by atoms with Crippen LogP contribution < -0.4 is 0 Å². The van der Waals surface area contributed by atoms with Crippen LogP contribution in [0.15, 0.2) is 49.0 Å². The van der Waals surface area contributed by atoms with Crippen molar-refractivity contribution in [2.75, 3.05) is 6.61 Å². The van der Waals surface area contributed by atoms with Gasteiger partial charge in [-0.2, -0.15) is 0 Å². The average molecular weight is 428 g/mol. The van der Waals surface area contributed by atoms with Crippen LogP contribution in [0.25, 0.3) is 28.1 Å². The Hall–Kier alpha value is -2.36. The molecule has 1 heterocycles. The highest BCUT2D eigenvalue weighted by atomic mass is 35.5. The van der Waals surface area contributed by atoms with E-state index in [2.05, 4.69) is 6.58 Å². The Morgan fingerprint density at radius 3 is 2.45 bits per heavy atom. The molecular weight excluding hydrogens is 405 g/mol. The van der Waals surface area contributed by atoms with Crippen LogP contribution in [0, 0.1) is 0 Å². The van der Waals surface area contributed by atoms with Crippen molar-refractivity contribution in [1.29, 1.82) is 0 Å². The van der Waals surface area contributed by atoms with Crippen molar-refractivity contribution >= 4 is 46.2 Å². The predicted molar refractivity (Wildman–Crippen MR) is 122 cm³/mol. The van der Waals surface area contributed by atoms with Gasteiger partial charge in [0.1, 0.15) is 0 Å². The Bertz CT molecular complexity index is 1040. The van der Waals surface area contributed by atoms with Crippen molar-refractivity contribution in [3.8, 4) is 11.1 Å². The number of rotatable bonds is 7. The van der Waals surface area contributed by atoms with Gasteiger partial charge < -0.3 is 4.74 Å². The van der Waals surface area contributed by atoms with Gasteiger partial charge >= 0.3 is 5.97 Å². The van der Waals surface area contributed by atoms with E-state index in [1.54, 1.807) is 6.08 Å². The molecule has 3 aromatic rings. The maximum Gasteiger partial charge on any atom is 0.313 e.